The number of carboxylic acids is 1. The van der Waals surface area contributed by atoms with Crippen LogP contribution < -0.4 is 0 Å². The van der Waals surface area contributed by atoms with Gasteiger partial charge in [-0.3, -0.25) is 4.79 Å². The molecule has 0 aliphatic heterocycles. The minimum absolute atomic E-state index is 0.195. The molecule has 0 heterocycles. The van der Waals surface area contributed by atoms with Gasteiger partial charge in [0.1, 0.15) is 5.82 Å². The maximum absolute atomic E-state index is 13.5. The van der Waals surface area contributed by atoms with Gasteiger partial charge in [-0.2, -0.15) is 0 Å². The van der Waals surface area contributed by atoms with Crippen LogP contribution in [0.4, 0.5) is 4.39 Å². The molecule has 0 radical (unpaired) electrons. The van der Waals surface area contributed by atoms with Crippen molar-refractivity contribution in [1.82, 2.24) is 0 Å². The van der Waals surface area contributed by atoms with E-state index in [2.05, 4.69) is 0 Å². The first-order valence-corrected chi connectivity index (χ1v) is 5.15. The van der Waals surface area contributed by atoms with Crippen LogP contribution in [0.2, 0.25) is 5.02 Å². The standard InChI is InChI=1S/C11H10ClFO2/c12-6-1-2-8(10(13)5-6)7-3-4-9(7)11(14)15/h1-2,5,7,9H,3-4H2,(H,14,15). The molecule has 2 nitrogen and oxygen atoms in total. The maximum atomic E-state index is 13.5. The first-order valence-electron chi connectivity index (χ1n) is 4.77. The van der Waals surface area contributed by atoms with Crippen molar-refractivity contribution in [3.63, 3.8) is 0 Å². The summed E-state index contributed by atoms with van der Waals surface area (Å²) in [5.41, 5.74) is 0.470. The fourth-order valence-corrected chi connectivity index (χ4v) is 2.13. The predicted molar refractivity (Wildman–Crippen MR) is 54.5 cm³/mol. The Morgan fingerprint density at radius 2 is 2.20 bits per heavy atom. The molecule has 1 N–H and O–H groups in total. The van der Waals surface area contributed by atoms with Crippen molar-refractivity contribution in [3.8, 4) is 0 Å². The third-order valence-corrected chi connectivity index (χ3v) is 3.19. The average molecular weight is 229 g/mol. The van der Waals surface area contributed by atoms with E-state index in [1.54, 1.807) is 12.1 Å². The van der Waals surface area contributed by atoms with Crippen LogP contribution in [-0.4, -0.2) is 11.1 Å². The van der Waals surface area contributed by atoms with Crippen LogP contribution in [0.15, 0.2) is 18.2 Å². The molecule has 80 valence electrons. The van der Waals surface area contributed by atoms with Crippen molar-refractivity contribution in [1.29, 1.82) is 0 Å². The summed E-state index contributed by atoms with van der Waals surface area (Å²) >= 11 is 5.63. The van der Waals surface area contributed by atoms with Crippen LogP contribution in [0.25, 0.3) is 0 Å². The zero-order valence-electron chi connectivity index (χ0n) is 7.91. The van der Waals surface area contributed by atoms with Gasteiger partial charge in [-0.05, 0) is 30.5 Å². The monoisotopic (exact) mass is 228 g/mol. The van der Waals surface area contributed by atoms with Crippen molar-refractivity contribution < 1.29 is 14.3 Å². The number of benzene rings is 1. The van der Waals surface area contributed by atoms with E-state index in [1.807, 2.05) is 0 Å². The summed E-state index contributed by atoms with van der Waals surface area (Å²) in [7, 11) is 0. The van der Waals surface area contributed by atoms with Gasteiger partial charge < -0.3 is 5.11 Å². The molecule has 1 saturated carbocycles. The third-order valence-electron chi connectivity index (χ3n) is 2.95. The molecule has 0 bridgehead atoms. The van der Waals surface area contributed by atoms with Gasteiger partial charge in [0.15, 0.2) is 0 Å². The van der Waals surface area contributed by atoms with Crippen LogP contribution in [0.5, 0.6) is 0 Å². The lowest BCUT2D eigenvalue weighted by atomic mass is 9.70. The molecule has 0 spiro atoms. The first kappa shape index (κ1) is 10.4. The van der Waals surface area contributed by atoms with Gasteiger partial charge in [-0.15, -0.1) is 0 Å². The molecule has 1 aliphatic rings. The molecule has 0 amide bonds. The number of hydrogen-bond acceptors (Lipinski definition) is 1. The molecule has 15 heavy (non-hydrogen) atoms. The van der Waals surface area contributed by atoms with Crippen molar-refractivity contribution in [2.75, 3.05) is 0 Å². The van der Waals surface area contributed by atoms with Crippen LogP contribution >= 0.6 is 11.6 Å². The third kappa shape index (κ3) is 1.84. The van der Waals surface area contributed by atoms with Crippen LogP contribution in [0, 0.1) is 11.7 Å². The van der Waals surface area contributed by atoms with Gasteiger partial charge in [0.2, 0.25) is 0 Å². The Morgan fingerprint density at radius 3 is 2.67 bits per heavy atom. The Morgan fingerprint density at radius 1 is 1.47 bits per heavy atom. The van der Waals surface area contributed by atoms with Gasteiger partial charge in [0.05, 0.1) is 5.92 Å². The molecule has 4 heteroatoms. The molecular weight excluding hydrogens is 219 g/mol. The molecule has 2 rings (SSSR count). The van der Waals surface area contributed by atoms with Crippen molar-refractivity contribution >= 4 is 17.6 Å². The molecule has 0 saturated heterocycles. The lowest BCUT2D eigenvalue weighted by Gasteiger charge is -2.33. The molecular formula is C11H10ClFO2. The van der Waals surface area contributed by atoms with E-state index in [0.29, 0.717) is 17.0 Å². The SMILES string of the molecule is O=C(O)C1CCC1c1ccc(Cl)cc1F. The summed E-state index contributed by atoms with van der Waals surface area (Å²) in [6, 6.07) is 4.41. The van der Waals surface area contributed by atoms with Crippen molar-refractivity contribution in [2.24, 2.45) is 5.92 Å². The molecule has 0 aromatic heterocycles. The Bertz CT molecular complexity index is 406. The van der Waals surface area contributed by atoms with E-state index in [0.717, 1.165) is 6.42 Å². The molecule has 2 unspecified atom stereocenters. The highest BCUT2D eigenvalue weighted by Crippen LogP contribution is 2.43. The van der Waals surface area contributed by atoms with E-state index in [4.69, 9.17) is 16.7 Å². The largest absolute Gasteiger partial charge is 0.481 e. The van der Waals surface area contributed by atoms with E-state index < -0.39 is 17.7 Å². The minimum Gasteiger partial charge on any atom is -0.481 e. The number of rotatable bonds is 2. The second-order valence-corrected chi connectivity index (χ2v) is 4.23. The predicted octanol–water partition coefficient (Wildman–Crippen LogP) is 3.06. The Kier molecular flexibility index (Phi) is 2.65. The number of halogens is 2. The zero-order chi connectivity index (χ0) is 11.0. The highest BCUT2D eigenvalue weighted by Gasteiger charge is 2.38. The summed E-state index contributed by atoms with van der Waals surface area (Å²) in [5, 5.41) is 9.20. The Balaban J connectivity index is 2.27. The first-order chi connectivity index (χ1) is 7.09. The van der Waals surface area contributed by atoms with Gasteiger partial charge in [-0.1, -0.05) is 17.7 Å². The number of hydrogen-bond donors (Lipinski definition) is 1. The van der Waals surface area contributed by atoms with Gasteiger partial charge in [0, 0.05) is 10.9 Å². The van der Waals surface area contributed by atoms with Crippen molar-refractivity contribution in [3.05, 3.63) is 34.6 Å². The number of carboxylic acid groups (broad SMARTS) is 1. The van der Waals surface area contributed by atoms with E-state index in [9.17, 15) is 9.18 Å². The van der Waals surface area contributed by atoms with Gasteiger partial charge in [-0.25, -0.2) is 4.39 Å². The van der Waals surface area contributed by atoms with Crippen molar-refractivity contribution in [2.45, 2.75) is 18.8 Å². The molecule has 1 fully saturated rings. The molecule has 1 aromatic rings. The van der Waals surface area contributed by atoms with E-state index in [1.165, 1.54) is 6.07 Å². The van der Waals surface area contributed by atoms with Crippen LogP contribution in [-0.2, 0) is 4.79 Å². The fourth-order valence-electron chi connectivity index (χ4n) is 1.97. The topological polar surface area (TPSA) is 37.3 Å². The second kappa shape index (κ2) is 3.81. The van der Waals surface area contributed by atoms with Gasteiger partial charge in [0.25, 0.3) is 0 Å². The lowest BCUT2D eigenvalue weighted by Crippen LogP contribution is -2.31. The fraction of sp³-hybridized carbons (Fsp3) is 0.364. The summed E-state index contributed by atoms with van der Waals surface area (Å²) in [6.07, 6.45) is 1.36. The number of aliphatic carboxylic acids is 1. The summed E-state index contributed by atoms with van der Waals surface area (Å²) in [6.45, 7) is 0. The second-order valence-electron chi connectivity index (χ2n) is 3.79. The van der Waals surface area contributed by atoms with Gasteiger partial charge >= 0.3 is 5.97 Å². The smallest absolute Gasteiger partial charge is 0.307 e. The molecule has 1 aromatic carbocycles. The summed E-state index contributed by atoms with van der Waals surface area (Å²) in [4.78, 5) is 10.8. The minimum atomic E-state index is -0.847. The highest BCUT2D eigenvalue weighted by molar-refractivity contribution is 6.30. The Labute approximate surface area is 91.7 Å². The van der Waals surface area contributed by atoms with E-state index >= 15 is 0 Å². The van der Waals surface area contributed by atoms with E-state index in [-0.39, 0.29) is 5.92 Å². The highest BCUT2D eigenvalue weighted by atomic mass is 35.5. The summed E-state index contributed by atoms with van der Waals surface area (Å²) < 4.78 is 13.5. The molecule has 1 aliphatic carbocycles. The average Bonchev–Trinajstić information content (AvgIpc) is 2.06. The molecule has 2 atom stereocenters. The Hall–Kier alpha value is -1.09. The zero-order valence-corrected chi connectivity index (χ0v) is 8.67. The quantitative estimate of drug-likeness (QED) is 0.845. The summed E-state index contributed by atoms with van der Waals surface area (Å²) in [5.74, 6) is -1.89. The lowest BCUT2D eigenvalue weighted by molar-refractivity contribution is -0.145. The van der Waals surface area contributed by atoms with Crippen LogP contribution in [0.3, 0.4) is 0 Å². The number of carbonyl (C=O) groups is 1. The maximum Gasteiger partial charge on any atom is 0.307 e. The van der Waals surface area contributed by atoms with Crippen LogP contribution in [0.1, 0.15) is 24.3 Å². The normalized spacial score (nSPS) is 24.7.